The number of benzene rings is 1. The van der Waals surface area contributed by atoms with Crippen LogP contribution < -0.4 is 10.1 Å². The summed E-state index contributed by atoms with van der Waals surface area (Å²) in [6, 6.07) is 8.06. The molecule has 2 aromatic rings. The average molecular weight is 355 g/mol. The second kappa shape index (κ2) is 6.53. The van der Waals surface area contributed by atoms with E-state index in [4.69, 9.17) is 4.74 Å². The third kappa shape index (κ3) is 3.83. The highest BCUT2D eigenvalue weighted by Gasteiger charge is 1.98. The summed E-state index contributed by atoms with van der Waals surface area (Å²) < 4.78 is 6.22. The summed E-state index contributed by atoms with van der Waals surface area (Å²) in [5, 5.41) is 3.19. The molecule has 0 radical (unpaired) electrons. The van der Waals surface area contributed by atoms with E-state index in [1.54, 1.807) is 19.5 Å². The van der Waals surface area contributed by atoms with Crippen molar-refractivity contribution in [2.75, 3.05) is 19.0 Å². The first kappa shape index (κ1) is 13.1. The quantitative estimate of drug-likeness (QED) is 0.838. The van der Waals surface area contributed by atoms with Crippen molar-refractivity contribution in [3.63, 3.8) is 0 Å². The minimum Gasteiger partial charge on any atom is -0.497 e. The van der Waals surface area contributed by atoms with Gasteiger partial charge in [-0.05, 0) is 46.7 Å². The van der Waals surface area contributed by atoms with Gasteiger partial charge in [-0.2, -0.15) is 0 Å². The van der Waals surface area contributed by atoms with Gasteiger partial charge in [-0.25, -0.2) is 9.97 Å². The topological polar surface area (TPSA) is 47.0 Å². The van der Waals surface area contributed by atoms with E-state index in [-0.39, 0.29) is 0 Å². The molecule has 5 heteroatoms. The Kier molecular flexibility index (Phi) is 4.74. The summed E-state index contributed by atoms with van der Waals surface area (Å²) >= 11 is 2.18. The lowest BCUT2D eigenvalue weighted by molar-refractivity contribution is 0.414. The molecule has 0 aliphatic rings. The molecule has 2 rings (SSSR count). The molecule has 94 valence electrons. The maximum absolute atomic E-state index is 5.19. The zero-order valence-corrected chi connectivity index (χ0v) is 12.2. The van der Waals surface area contributed by atoms with Gasteiger partial charge in [-0.1, -0.05) is 12.1 Å². The van der Waals surface area contributed by atoms with Gasteiger partial charge in [-0.3, -0.25) is 0 Å². The van der Waals surface area contributed by atoms with Crippen molar-refractivity contribution in [2.45, 2.75) is 6.42 Å². The SMILES string of the molecule is COc1cccc(CCNc2ncc(I)cn2)c1. The van der Waals surface area contributed by atoms with Gasteiger partial charge in [0, 0.05) is 22.5 Å². The zero-order valence-electron chi connectivity index (χ0n) is 10.1. The van der Waals surface area contributed by atoms with Crippen LogP contribution in [0.4, 0.5) is 5.95 Å². The molecule has 4 nitrogen and oxygen atoms in total. The smallest absolute Gasteiger partial charge is 0.222 e. The second-order valence-electron chi connectivity index (χ2n) is 3.75. The molecule has 1 N–H and O–H groups in total. The Balaban J connectivity index is 1.86. The number of methoxy groups -OCH3 is 1. The third-order valence-electron chi connectivity index (χ3n) is 2.45. The van der Waals surface area contributed by atoms with Crippen molar-refractivity contribution >= 4 is 28.5 Å². The van der Waals surface area contributed by atoms with E-state index < -0.39 is 0 Å². The first-order valence-corrected chi connectivity index (χ1v) is 6.70. The number of ether oxygens (including phenoxy) is 1. The van der Waals surface area contributed by atoms with Crippen LogP contribution in [0.3, 0.4) is 0 Å². The van der Waals surface area contributed by atoms with Gasteiger partial charge in [0.25, 0.3) is 0 Å². The van der Waals surface area contributed by atoms with Crippen molar-refractivity contribution in [2.24, 2.45) is 0 Å². The predicted molar refractivity (Wildman–Crippen MR) is 79.9 cm³/mol. The molecule has 0 bridgehead atoms. The lowest BCUT2D eigenvalue weighted by Gasteiger charge is -2.06. The van der Waals surface area contributed by atoms with Gasteiger partial charge >= 0.3 is 0 Å². The summed E-state index contributed by atoms with van der Waals surface area (Å²) in [4.78, 5) is 8.38. The Morgan fingerprint density at radius 3 is 2.78 bits per heavy atom. The molecule has 18 heavy (non-hydrogen) atoms. The predicted octanol–water partition coefficient (Wildman–Crippen LogP) is 2.74. The Morgan fingerprint density at radius 2 is 2.06 bits per heavy atom. The standard InChI is InChI=1S/C13H14IN3O/c1-18-12-4-2-3-10(7-12)5-6-15-13-16-8-11(14)9-17-13/h2-4,7-9H,5-6H2,1H3,(H,15,16,17). The van der Waals surface area contributed by atoms with E-state index in [0.29, 0.717) is 5.95 Å². The maximum atomic E-state index is 5.19. The van der Waals surface area contributed by atoms with E-state index in [9.17, 15) is 0 Å². The number of anilines is 1. The van der Waals surface area contributed by atoms with Gasteiger partial charge in [0.1, 0.15) is 5.75 Å². The van der Waals surface area contributed by atoms with Gasteiger partial charge in [0.15, 0.2) is 0 Å². The van der Waals surface area contributed by atoms with E-state index in [2.05, 4.69) is 43.9 Å². The summed E-state index contributed by atoms with van der Waals surface area (Å²) in [6.07, 6.45) is 4.50. The molecule has 1 heterocycles. The summed E-state index contributed by atoms with van der Waals surface area (Å²) in [5.74, 6) is 1.55. The zero-order chi connectivity index (χ0) is 12.8. The molecular weight excluding hydrogens is 341 g/mol. The van der Waals surface area contributed by atoms with Crippen LogP contribution in [-0.4, -0.2) is 23.6 Å². The Morgan fingerprint density at radius 1 is 1.28 bits per heavy atom. The van der Waals surface area contributed by atoms with Crippen LogP contribution in [0, 0.1) is 3.57 Å². The van der Waals surface area contributed by atoms with Crippen LogP contribution in [0.1, 0.15) is 5.56 Å². The van der Waals surface area contributed by atoms with Crippen LogP contribution in [0.2, 0.25) is 0 Å². The highest BCUT2D eigenvalue weighted by molar-refractivity contribution is 14.1. The normalized spacial score (nSPS) is 10.1. The molecule has 0 unspecified atom stereocenters. The second-order valence-corrected chi connectivity index (χ2v) is 5.00. The highest BCUT2D eigenvalue weighted by atomic mass is 127. The molecule has 0 fully saturated rings. The van der Waals surface area contributed by atoms with Crippen molar-refractivity contribution in [1.82, 2.24) is 9.97 Å². The van der Waals surface area contributed by atoms with Crippen molar-refractivity contribution < 1.29 is 4.74 Å². The summed E-state index contributed by atoms with van der Waals surface area (Å²) in [6.45, 7) is 0.799. The molecule has 0 saturated carbocycles. The third-order valence-corrected chi connectivity index (χ3v) is 3.01. The molecule has 0 spiro atoms. The number of hydrogen-bond acceptors (Lipinski definition) is 4. The van der Waals surface area contributed by atoms with Gasteiger partial charge in [0.05, 0.1) is 7.11 Å². The van der Waals surface area contributed by atoms with E-state index >= 15 is 0 Å². The Bertz CT molecular complexity index is 502. The lowest BCUT2D eigenvalue weighted by atomic mass is 10.1. The molecule has 0 aliphatic carbocycles. The van der Waals surface area contributed by atoms with Gasteiger partial charge in [0.2, 0.25) is 5.95 Å². The number of nitrogens with zero attached hydrogens (tertiary/aromatic N) is 2. The average Bonchev–Trinajstić information content (AvgIpc) is 2.41. The van der Waals surface area contributed by atoms with Crippen molar-refractivity contribution in [1.29, 1.82) is 0 Å². The molecule has 1 aromatic carbocycles. The first-order chi connectivity index (χ1) is 8.78. The summed E-state index contributed by atoms with van der Waals surface area (Å²) in [5.41, 5.74) is 1.23. The van der Waals surface area contributed by atoms with Crippen LogP contribution in [0.5, 0.6) is 5.75 Å². The number of aromatic nitrogens is 2. The minimum atomic E-state index is 0.665. The summed E-state index contributed by atoms with van der Waals surface area (Å²) in [7, 11) is 1.68. The van der Waals surface area contributed by atoms with Gasteiger partial charge < -0.3 is 10.1 Å². The van der Waals surface area contributed by atoms with Gasteiger partial charge in [-0.15, -0.1) is 0 Å². The molecule has 1 aromatic heterocycles. The number of halogens is 1. The van der Waals surface area contributed by atoms with E-state index in [1.807, 2.05) is 18.2 Å². The van der Waals surface area contributed by atoms with Crippen molar-refractivity contribution in [3.8, 4) is 5.75 Å². The van der Waals surface area contributed by atoms with Crippen LogP contribution in [-0.2, 0) is 6.42 Å². The molecule has 0 atom stereocenters. The highest BCUT2D eigenvalue weighted by Crippen LogP contribution is 2.13. The maximum Gasteiger partial charge on any atom is 0.222 e. The number of rotatable bonds is 5. The monoisotopic (exact) mass is 355 g/mol. The lowest BCUT2D eigenvalue weighted by Crippen LogP contribution is -2.07. The molecular formula is C13H14IN3O. The molecule has 0 saturated heterocycles. The van der Waals surface area contributed by atoms with Crippen LogP contribution >= 0.6 is 22.6 Å². The number of nitrogens with one attached hydrogen (secondary N) is 1. The van der Waals surface area contributed by atoms with Crippen molar-refractivity contribution in [3.05, 3.63) is 45.8 Å². The van der Waals surface area contributed by atoms with E-state index in [1.165, 1.54) is 5.56 Å². The molecule has 0 amide bonds. The molecule has 0 aliphatic heterocycles. The number of hydrogen-bond donors (Lipinski definition) is 1. The van der Waals surface area contributed by atoms with Crippen LogP contribution in [0.15, 0.2) is 36.7 Å². The van der Waals surface area contributed by atoms with Crippen LogP contribution in [0.25, 0.3) is 0 Å². The fraction of sp³-hybridized carbons (Fsp3) is 0.231. The first-order valence-electron chi connectivity index (χ1n) is 5.62. The Hall–Kier alpha value is -1.37. The fourth-order valence-corrected chi connectivity index (χ4v) is 1.83. The fourth-order valence-electron chi connectivity index (χ4n) is 1.55. The minimum absolute atomic E-state index is 0.665. The van der Waals surface area contributed by atoms with E-state index in [0.717, 1.165) is 22.3 Å². The Labute approximate surface area is 120 Å². The largest absolute Gasteiger partial charge is 0.497 e.